The Bertz CT molecular complexity index is 446. The minimum absolute atomic E-state index is 0.381. The van der Waals surface area contributed by atoms with Gasteiger partial charge in [-0.1, -0.05) is 44.7 Å². The molecular weight excluding hydrogens is 240 g/mol. The Hall–Kier alpha value is -0.960. The number of anilines is 1. The molecule has 0 spiro atoms. The van der Waals surface area contributed by atoms with Crippen LogP contribution in [0.15, 0.2) is 29.3 Å². The Labute approximate surface area is 114 Å². The van der Waals surface area contributed by atoms with E-state index >= 15 is 0 Å². The molecule has 3 heteroatoms. The highest BCUT2D eigenvalue weighted by Gasteiger charge is 2.24. The van der Waals surface area contributed by atoms with Crippen molar-refractivity contribution in [2.75, 3.05) is 11.9 Å². The molecule has 18 heavy (non-hydrogen) atoms. The third-order valence-electron chi connectivity index (χ3n) is 2.83. The van der Waals surface area contributed by atoms with Crippen molar-refractivity contribution in [3.63, 3.8) is 0 Å². The first kappa shape index (κ1) is 13.5. The molecule has 0 fully saturated rings. The highest BCUT2D eigenvalue weighted by molar-refractivity contribution is 8.15. The summed E-state index contributed by atoms with van der Waals surface area (Å²) < 4.78 is 0. The second-order valence-corrected chi connectivity index (χ2v) is 7.43. The predicted molar refractivity (Wildman–Crippen MR) is 82.6 cm³/mol. The maximum atomic E-state index is 4.59. The van der Waals surface area contributed by atoms with Crippen LogP contribution in [0.3, 0.4) is 0 Å². The van der Waals surface area contributed by atoms with Gasteiger partial charge in [0, 0.05) is 10.9 Å². The summed E-state index contributed by atoms with van der Waals surface area (Å²) in [6, 6.07) is 8.43. The Balaban J connectivity index is 1.90. The van der Waals surface area contributed by atoms with E-state index in [1.165, 1.54) is 12.0 Å². The van der Waals surface area contributed by atoms with Crippen LogP contribution in [0.1, 0.15) is 32.8 Å². The van der Waals surface area contributed by atoms with Crippen molar-refractivity contribution in [3.05, 3.63) is 29.8 Å². The van der Waals surface area contributed by atoms with Crippen LogP contribution in [0.5, 0.6) is 0 Å². The predicted octanol–water partition coefficient (Wildman–Crippen LogP) is 4.31. The number of hydrogen-bond acceptors (Lipinski definition) is 3. The van der Waals surface area contributed by atoms with Crippen LogP contribution in [0, 0.1) is 12.3 Å². The summed E-state index contributed by atoms with van der Waals surface area (Å²) >= 11 is 1.88. The largest absolute Gasteiger partial charge is 0.335 e. The van der Waals surface area contributed by atoms with Crippen molar-refractivity contribution in [1.29, 1.82) is 0 Å². The molecule has 0 aromatic heterocycles. The molecule has 0 aliphatic carbocycles. The zero-order valence-corrected chi connectivity index (χ0v) is 12.5. The molecule has 1 unspecified atom stereocenters. The summed E-state index contributed by atoms with van der Waals surface area (Å²) in [5, 5.41) is 5.10. The van der Waals surface area contributed by atoms with E-state index in [0.29, 0.717) is 10.7 Å². The normalized spacial score (nSPS) is 19.8. The van der Waals surface area contributed by atoms with E-state index in [0.717, 1.165) is 17.4 Å². The summed E-state index contributed by atoms with van der Waals surface area (Å²) in [4.78, 5) is 4.59. The van der Waals surface area contributed by atoms with Gasteiger partial charge >= 0.3 is 0 Å². The first-order valence-electron chi connectivity index (χ1n) is 6.47. The fourth-order valence-corrected chi connectivity index (χ4v) is 3.50. The molecule has 0 amide bonds. The van der Waals surface area contributed by atoms with Crippen molar-refractivity contribution < 1.29 is 0 Å². The van der Waals surface area contributed by atoms with Crippen LogP contribution in [0.2, 0.25) is 0 Å². The van der Waals surface area contributed by atoms with Crippen LogP contribution in [-0.2, 0) is 0 Å². The molecule has 2 nitrogen and oxygen atoms in total. The van der Waals surface area contributed by atoms with Gasteiger partial charge in [-0.05, 0) is 36.5 Å². The number of hydrogen-bond donors (Lipinski definition) is 1. The van der Waals surface area contributed by atoms with Gasteiger partial charge in [-0.3, -0.25) is 4.99 Å². The Morgan fingerprint density at radius 3 is 2.83 bits per heavy atom. The summed E-state index contributed by atoms with van der Waals surface area (Å²) in [5.74, 6) is 0. The molecule has 1 N–H and O–H groups in total. The molecule has 0 bridgehead atoms. The monoisotopic (exact) mass is 262 g/mol. The average molecular weight is 262 g/mol. The summed E-state index contributed by atoms with van der Waals surface area (Å²) in [6.45, 7) is 9.92. The second kappa shape index (κ2) is 5.35. The molecule has 0 saturated carbocycles. The van der Waals surface area contributed by atoms with Crippen molar-refractivity contribution in [1.82, 2.24) is 0 Å². The maximum absolute atomic E-state index is 4.59. The van der Waals surface area contributed by atoms with E-state index in [1.807, 2.05) is 11.8 Å². The standard InChI is InChI=1S/C15H22N2S/c1-11-6-5-7-12(8-11)17-14-16-10-13(18-14)9-15(2,3)4/h5-8,13H,9-10H2,1-4H3,(H,16,17). The SMILES string of the molecule is Cc1cccc(NC2=NCC(CC(C)(C)C)S2)c1. The minimum atomic E-state index is 0.381. The Morgan fingerprint density at radius 2 is 2.17 bits per heavy atom. The molecule has 1 aliphatic rings. The van der Waals surface area contributed by atoms with Crippen molar-refractivity contribution in [2.45, 2.75) is 39.4 Å². The lowest BCUT2D eigenvalue weighted by Crippen LogP contribution is -2.16. The second-order valence-electron chi connectivity index (χ2n) is 6.14. The van der Waals surface area contributed by atoms with Gasteiger partial charge in [-0.25, -0.2) is 0 Å². The van der Waals surface area contributed by atoms with Gasteiger partial charge in [0.25, 0.3) is 0 Å². The Morgan fingerprint density at radius 1 is 1.39 bits per heavy atom. The molecule has 0 saturated heterocycles. The zero-order valence-electron chi connectivity index (χ0n) is 11.7. The van der Waals surface area contributed by atoms with Gasteiger partial charge in [0.05, 0.1) is 6.54 Å². The van der Waals surface area contributed by atoms with Gasteiger partial charge in [-0.2, -0.15) is 0 Å². The van der Waals surface area contributed by atoms with E-state index in [2.05, 4.69) is 62.3 Å². The smallest absolute Gasteiger partial charge is 0.161 e. The van der Waals surface area contributed by atoms with E-state index < -0.39 is 0 Å². The molecule has 2 rings (SSSR count). The molecule has 1 atom stereocenters. The summed E-state index contributed by atoms with van der Waals surface area (Å²) in [6.07, 6.45) is 1.21. The third kappa shape index (κ3) is 4.05. The number of benzene rings is 1. The van der Waals surface area contributed by atoms with Crippen LogP contribution in [0.4, 0.5) is 5.69 Å². The van der Waals surface area contributed by atoms with Gasteiger partial charge in [-0.15, -0.1) is 0 Å². The fourth-order valence-electron chi connectivity index (χ4n) is 2.12. The van der Waals surface area contributed by atoms with Crippen molar-refractivity contribution in [2.24, 2.45) is 10.4 Å². The number of amidine groups is 1. The topological polar surface area (TPSA) is 24.4 Å². The number of thioether (sulfide) groups is 1. The summed E-state index contributed by atoms with van der Waals surface area (Å²) in [5.41, 5.74) is 2.79. The van der Waals surface area contributed by atoms with Crippen LogP contribution in [0.25, 0.3) is 0 Å². The number of nitrogens with zero attached hydrogens (tertiary/aromatic N) is 1. The highest BCUT2D eigenvalue weighted by Crippen LogP contribution is 2.32. The molecule has 0 radical (unpaired) electrons. The Kier molecular flexibility index (Phi) is 4.00. The fraction of sp³-hybridized carbons (Fsp3) is 0.533. The molecule has 1 aromatic carbocycles. The molecule has 98 valence electrons. The first-order valence-corrected chi connectivity index (χ1v) is 7.35. The van der Waals surface area contributed by atoms with Crippen molar-refractivity contribution in [3.8, 4) is 0 Å². The quantitative estimate of drug-likeness (QED) is 0.858. The lowest BCUT2D eigenvalue weighted by molar-refractivity contribution is 0.375. The zero-order chi connectivity index (χ0) is 13.2. The van der Waals surface area contributed by atoms with Gasteiger partial charge in [0.1, 0.15) is 0 Å². The van der Waals surface area contributed by atoms with E-state index in [9.17, 15) is 0 Å². The third-order valence-corrected chi connectivity index (χ3v) is 3.93. The van der Waals surface area contributed by atoms with Crippen molar-refractivity contribution >= 4 is 22.6 Å². The highest BCUT2D eigenvalue weighted by atomic mass is 32.2. The van der Waals surface area contributed by atoms with Gasteiger partial charge in [0.15, 0.2) is 5.17 Å². The molecule has 1 aromatic rings. The van der Waals surface area contributed by atoms with E-state index in [4.69, 9.17) is 0 Å². The number of rotatable bonds is 2. The number of aliphatic imine (C=N–C) groups is 1. The van der Waals surface area contributed by atoms with Crippen LogP contribution >= 0.6 is 11.8 Å². The molecule has 1 heterocycles. The molecule has 1 aliphatic heterocycles. The lowest BCUT2D eigenvalue weighted by atomic mass is 9.90. The van der Waals surface area contributed by atoms with Crippen LogP contribution < -0.4 is 5.32 Å². The summed E-state index contributed by atoms with van der Waals surface area (Å²) in [7, 11) is 0. The maximum Gasteiger partial charge on any atom is 0.161 e. The number of aryl methyl sites for hydroxylation is 1. The minimum Gasteiger partial charge on any atom is -0.335 e. The first-order chi connectivity index (χ1) is 8.42. The lowest BCUT2D eigenvalue weighted by Gasteiger charge is -2.21. The van der Waals surface area contributed by atoms with E-state index in [1.54, 1.807) is 0 Å². The van der Waals surface area contributed by atoms with Gasteiger partial charge < -0.3 is 5.32 Å². The van der Waals surface area contributed by atoms with E-state index in [-0.39, 0.29) is 0 Å². The molecular formula is C15H22N2S. The van der Waals surface area contributed by atoms with Gasteiger partial charge in [0.2, 0.25) is 0 Å². The van der Waals surface area contributed by atoms with Crippen LogP contribution in [-0.4, -0.2) is 17.0 Å². The average Bonchev–Trinajstić information content (AvgIpc) is 2.62. The number of nitrogens with one attached hydrogen (secondary N) is 1.